The average Bonchev–Trinajstić information content (AvgIpc) is 3.03. The molecule has 33 heavy (non-hydrogen) atoms. The van der Waals surface area contributed by atoms with Gasteiger partial charge in [0.1, 0.15) is 10.7 Å². The van der Waals surface area contributed by atoms with Crippen LogP contribution in [0.5, 0.6) is 0 Å². The maximum absolute atomic E-state index is 12.5. The molecular weight excluding hydrogens is 464 g/mol. The Morgan fingerprint density at radius 2 is 1.91 bits per heavy atom. The highest BCUT2D eigenvalue weighted by molar-refractivity contribution is 7.89. The molecule has 10 nitrogen and oxygen atoms in total. The lowest BCUT2D eigenvalue weighted by atomic mass is 10.2. The van der Waals surface area contributed by atoms with Crippen LogP contribution < -0.4 is 16.0 Å². The van der Waals surface area contributed by atoms with Gasteiger partial charge in [-0.3, -0.25) is 19.4 Å². The minimum atomic E-state index is -3.83. The number of fused-ring (bicyclic) bond motifs is 1. The number of anilines is 1. The van der Waals surface area contributed by atoms with Crippen LogP contribution >= 0.6 is 11.3 Å². The number of nitrogens with one attached hydrogen (secondary N) is 2. The smallest absolute Gasteiger partial charge is 0.259 e. The highest BCUT2D eigenvalue weighted by atomic mass is 32.2. The van der Waals surface area contributed by atoms with Gasteiger partial charge in [-0.05, 0) is 37.6 Å². The number of rotatable bonds is 6. The van der Waals surface area contributed by atoms with Crippen LogP contribution in [0, 0.1) is 13.8 Å². The number of hydrogen-bond acceptors (Lipinski definition) is 8. The first kappa shape index (κ1) is 23.5. The zero-order valence-electron chi connectivity index (χ0n) is 18.4. The Morgan fingerprint density at radius 1 is 1.21 bits per heavy atom. The van der Waals surface area contributed by atoms with Crippen LogP contribution in [0.15, 0.2) is 34.0 Å². The van der Waals surface area contributed by atoms with Crippen molar-refractivity contribution in [2.45, 2.75) is 25.3 Å². The van der Waals surface area contributed by atoms with E-state index in [1.807, 2.05) is 18.7 Å². The molecule has 1 amide bonds. The standard InChI is InChI=1S/C21H26N6O4S2/c1-13-14(2)32-21-19(13)20(29)24-17(25-21)11-26-6-8-27(9-7-26)12-18(28)23-15-4-3-5-16(10-15)33(22,30)31/h3-5,10H,6-9,11-12H2,1-2H3,(H,23,28)(H2,22,30,31)(H,24,25,29). The molecule has 1 aliphatic heterocycles. The molecule has 1 aliphatic rings. The van der Waals surface area contributed by atoms with Gasteiger partial charge in [0.15, 0.2) is 0 Å². The number of nitrogens with two attached hydrogens (primary N) is 1. The number of aromatic amines is 1. The molecule has 1 saturated heterocycles. The lowest BCUT2D eigenvalue weighted by molar-refractivity contribution is -0.117. The van der Waals surface area contributed by atoms with E-state index in [0.29, 0.717) is 36.5 Å². The summed E-state index contributed by atoms with van der Waals surface area (Å²) >= 11 is 1.54. The molecule has 0 atom stereocenters. The summed E-state index contributed by atoms with van der Waals surface area (Å²) in [6, 6.07) is 5.87. The van der Waals surface area contributed by atoms with E-state index in [9.17, 15) is 18.0 Å². The first-order chi connectivity index (χ1) is 15.6. The van der Waals surface area contributed by atoms with Crippen molar-refractivity contribution in [3.05, 3.63) is 50.9 Å². The third-order valence-corrected chi connectivity index (χ3v) is 7.75. The number of thiophene rings is 1. The number of nitrogens with zero attached hydrogens (tertiary/aromatic N) is 3. The summed E-state index contributed by atoms with van der Waals surface area (Å²) in [6.07, 6.45) is 0. The van der Waals surface area contributed by atoms with Crippen molar-refractivity contribution in [1.29, 1.82) is 0 Å². The van der Waals surface area contributed by atoms with Crippen LogP contribution in [0.1, 0.15) is 16.3 Å². The number of aromatic nitrogens is 2. The first-order valence-corrected chi connectivity index (χ1v) is 12.8. The van der Waals surface area contributed by atoms with Gasteiger partial charge < -0.3 is 10.3 Å². The topological polar surface area (TPSA) is 141 Å². The second-order valence-electron chi connectivity index (χ2n) is 8.15. The van der Waals surface area contributed by atoms with Gasteiger partial charge in [0.2, 0.25) is 15.9 Å². The zero-order valence-corrected chi connectivity index (χ0v) is 20.1. The summed E-state index contributed by atoms with van der Waals surface area (Å²) < 4.78 is 23.0. The van der Waals surface area contributed by atoms with Gasteiger partial charge >= 0.3 is 0 Å². The summed E-state index contributed by atoms with van der Waals surface area (Å²) in [5.74, 6) is 0.421. The number of hydrogen-bond donors (Lipinski definition) is 3. The Kier molecular flexibility index (Phi) is 6.64. The van der Waals surface area contributed by atoms with E-state index < -0.39 is 10.0 Å². The molecule has 0 bridgehead atoms. The Hall–Kier alpha value is -2.64. The van der Waals surface area contributed by atoms with Gasteiger partial charge in [-0.25, -0.2) is 18.5 Å². The molecular formula is C21H26N6O4S2. The number of piperazine rings is 1. The summed E-state index contributed by atoms with van der Waals surface area (Å²) in [5, 5.41) is 8.53. The van der Waals surface area contributed by atoms with E-state index >= 15 is 0 Å². The van der Waals surface area contributed by atoms with E-state index in [1.54, 1.807) is 6.07 Å². The molecule has 0 saturated carbocycles. The maximum Gasteiger partial charge on any atom is 0.259 e. The summed E-state index contributed by atoms with van der Waals surface area (Å²) in [5.41, 5.74) is 1.27. The van der Waals surface area contributed by atoms with E-state index in [-0.39, 0.29) is 22.9 Å². The molecule has 4 rings (SSSR count). The minimum absolute atomic E-state index is 0.0494. The van der Waals surface area contributed by atoms with E-state index in [4.69, 9.17) is 5.14 Å². The number of benzene rings is 1. The highest BCUT2D eigenvalue weighted by Crippen LogP contribution is 2.25. The van der Waals surface area contributed by atoms with Crippen LogP contribution in [0.3, 0.4) is 0 Å². The highest BCUT2D eigenvalue weighted by Gasteiger charge is 2.21. The molecule has 4 N–H and O–H groups in total. The largest absolute Gasteiger partial charge is 0.325 e. The first-order valence-electron chi connectivity index (χ1n) is 10.5. The van der Waals surface area contributed by atoms with Gasteiger partial charge in [0, 0.05) is 36.7 Å². The molecule has 0 radical (unpaired) electrons. The molecule has 12 heteroatoms. The van der Waals surface area contributed by atoms with Gasteiger partial charge in [-0.1, -0.05) is 6.07 Å². The van der Waals surface area contributed by atoms with Crippen LogP contribution in [0.25, 0.3) is 10.2 Å². The van der Waals surface area contributed by atoms with Crippen molar-refractivity contribution in [3.8, 4) is 0 Å². The number of carbonyl (C=O) groups is 1. The van der Waals surface area contributed by atoms with Crippen molar-refractivity contribution >= 4 is 43.2 Å². The number of sulfonamides is 1. The Morgan fingerprint density at radius 3 is 2.61 bits per heavy atom. The molecule has 0 spiro atoms. The second-order valence-corrected chi connectivity index (χ2v) is 10.9. The maximum atomic E-state index is 12.5. The van der Waals surface area contributed by atoms with E-state index in [0.717, 1.165) is 28.4 Å². The third kappa shape index (κ3) is 5.47. The monoisotopic (exact) mass is 490 g/mol. The van der Waals surface area contributed by atoms with Crippen molar-refractivity contribution in [3.63, 3.8) is 0 Å². The summed E-state index contributed by atoms with van der Waals surface area (Å²) in [4.78, 5) is 38.5. The zero-order chi connectivity index (χ0) is 23.8. The summed E-state index contributed by atoms with van der Waals surface area (Å²) in [7, 11) is -3.83. The normalized spacial score (nSPS) is 15.7. The van der Waals surface area contributed by atoms with Crippen LogP contribution in [-0.2, 0) is 21.4 Å². The summed E-state index contributed by atoms with van der Waals surface area (Å²) in [6.45, 7) is 7.52. The van der Waals surface area contributed by atoms with Crippen molar-refractivity contribution < 1.29 is 13.2 Å². The van der Waals surface area contributed by atoms with Crippen molar-refractivity contribution in [2.75, 3.05) is 38.0 Å². The predicted octanol–water partition coefficient (Wildman–Crippen LogP) is 1.01. The Balaban J connectivity index is 1.31. The van der Waals surface area contributed by atoms with Crippen LogP contribution in [0.2, 0.25) is 0 Å². The second kappa shape index (κ2) is 9.31. The number of carbonyl (C=O) groups excluding carboxylic acids is 1. The Labute approximate surface area is 195 Å². The molecule has 1 aromatic carbocycles. The van der Waals surface area contributed by atoms with Gasteiger partial charge in [-0.15, -0.1) is 11.3 Å². The molecule has 0 aliphatic carbocycles. The number of aryl methyl sites for hydroxylation is 2. The molecule has 2 aromatic heterocycles. The predicted molar refractivity (Wildman–Crippen MR) is 128 cm³/mol. The van der Waals surface area contributed by atoms with Gasteiger partial charge in [0.25, 0.3) is 5.56 Å². The van der Waals surface area contributed by atoms with E-state index in [1.165, 1.54) is 29.5 Å². The van der Waals surface area contributed by atoms with Gasteiger partial charge in [-0.2, -0.15) is 0 Å². The van der Waals surface area contributed by atoms with E-state index in [2.05, 4.69) is 20.2 Å². The fourth-order valence-corrected chi connectivity index (χ4v) is 5.45. The lowest BCUT2D eigenvalue weighted by Crippen LogP contribution is -2.48. The quantitative estimate of drug-likeness (QED) is 0.468. The number of H-pyrrole nitrogens is 1. The van der Waals surface area contributed by atoms with Crippen molar-refractivity contribution in [2.24, 2.45) is 5.14 Å². The van der Waals surface area contributed by atoms with Gasteiger partial charge in [0.05, 0.1) is 23.4 Å². The molecule has 1 fully saturated rings. The molecule has 3 heterocycles. The average molecular weight is 491 g/mol. The lowest BCUT2D eigenvalue weighted by Gasteiger charge is -2.33. The molecule has 176 valence electrons. The SMILES string of the molecule is Cc1sc2nc(CN3CCN(CC(=O)Nc4cccc(S(N)(=O)=O)c4)CC3)[nH]c(=O)c2c1C. The number of primary sulfonamides is 1. The third-order valence-electron chi connectivity index (χ3n) is 5.74. The molecule has 0 unspecified atom stereocenters. The molecule has 3 aromatic rings. The van der Waals surface area contributed by atoms with Crippen LogP contribution in [-0.4, -0.2) is 66.8 Å². The minimum Gasteiger partial charge on any atom is -0.325 e. The Bertz CT molecular complexity index is 1360. The van der Waals surface area contributed by atoms with Crippen molar-refractivity contribution in [1.82, 2.24) is 19.8 Å². The number of amides is 1. The fourth-order valence-electron chi connectivity index (χ4n) is 3.85. The van der Waals surface area contributed by atoms with Crippen LogP contribution in [0.4, 0.5) is 5.69 Å². The fraction of sp³-hybridized carbons (Fsp3) is 0.381.